The van der Waals surface area contributed by atoms with Crippen LogP contribution in [0, 0.1) is 0 Å². The number of hydrogen-bond donors (Lipinski definition) is 0. The van der Waals surface area contributed by atoms with E-state index in [1.54, 1.807) is 0 Å². The van der Waals surface area contributed by atoms with E-state index in [0.29, 0.717) is 0 Å². The molecule has 0 atom stereocenters. The van der Waals surface area contributed by atoms with Crippen molar-refractivity contribution in [2.45, 2.75) is 39.0 Å². The van der Waals surface area contributed by atoms with E-state index in [4.69, 9.17) is 4.74 Å². The molecule has 0 saturated carbocycles. The van der Waals surface area contributed by atoms with Gasteiger partial charge in [-0.25, -0.2) is 0 Å². The first kappa shape index (κ1) is 9.57. The lowest BCUT2D eigenvalue weighted by molar-refractivity contribution is 0.353. The van der Waals surface area contributed by atoms with Crippen LogP contribution in [-0.2, 0) is 12.8 Å². The molecule has 1 aromatic carbocycles. The summed E-state index contributed by atoms with van der Waals surface area (Å²) in [6.45, 7) is 3.12. The second-order valence-corrected chi connectivity index (χ2v) is 3.96. The molecule has 14 heavy (non-hydrogen) atoms. The largest absolute Gasteiger partial charge is 0.493 e. The lowest BCUT2D eigenvalue weighted by Gasteiger charge is -2.06. The number of benzene rings is 1. The number of para-hydroxylation sites is 1. The van der Waals surface area contributed by atoms with Crippen LogP contribution in [0.25, 0.3) is 0 Å². The predicted molar refractivity (Wildman–Crippen MR) is 58.9 cm³/mol. The highest BCUT2D eigenvalue weighted by molar-refractivity contribution is 5.43. The normalized spacial score (nSPS) is 13.8. The number of rotatable bonds is 4. The van der Waals surface area contributed by atoms with Gasteiger partial charge in [-0.2, -0.15) is 0 Å². The number of ether oxygens (including phenoxy) is 1. The van der Waals surface area contributed by atoms with Gasteiger partial charge in [0.15, 0.2) is 0 Å². The Bertz CT molecular complexity index is 304. The van der Waals surface area contributed by atoms with E-state index in [1.807, 2.05) is 0 Å². The molecule has 76 valence electrons. The van der Waals surface area contributed by atoms with Gasteiger partial charge in [0, 0.05) is 6.42 Å². The van der Waals surface area contributed by atoms with Crippen molar-refractivity contribution in [1.82, 2.24) is 0 Å². The summed E-state index contributed by atoms with van der Waals surface area (Å²) in [7, 11) is 0. The average Bonchev–Trinajstić information content (AvgIpc) is 2.67. The monoisotopic (exact) mass is 190 g/mol. The van der Waals surface area contributed by atoms with Gasteiger partial charge in [-0.1, -0.05) is 38.0 Å². The van der Waals surface area contributed by atoms with E-state index in [9.17, 15) is 0 Å². The molecule has 1 nitrogen and oxygen atoms in total. The standard InChI is InChI=1S/C13H18O/c1-2-3-4-6-11-7-5-8-12-9-10-14-13(11)12/h5,7-8H,2-4,6,9-10H2,1H3. The molecule has 0 radical (unpaired) electrons. The summed E-state index contributed by atoms with van der Waals surface area (Å²) < 4.78 is 5.66. The van der Waals surface area contributed by atoms with Crippen LogP contribution in [0.5, 0.6) is 5.75 Å². The smallest absolute Gasteiger partial charge is 0.125 e. The van der Waals surface area contributed by atoms with E-state index in [1.165, 1.54) is 42.6 Å². The zero-order valence-corrected chi connectivity index (χ0v) is 8.88. The third-order valence-corrected chi connectivity index (χ3v) is 2.85. The summed E-state index contributed by atoms with van der Waals surface area (Å²) in [6.07, 6.45) is 6.17. The fraction of sp³-hybridized carbons (Fsp3) is 0.538. The van der Waals surface area contributed by atoms with E-state index in [2.05, 4.69) is 25.1 Å². The highest BCUT2D eigenvalue weighted by atomic mass is 16.5. The van der Waals surface area contributed by atoms with Crippen molar-refractivity contribution < 1.29 is 4.74 Å². The second kappa shape index (κ2) is 4.50. The first-order valence-corrected chi connectivity index (χ1v) is 5.65. The first-order valence-electron chi connectivity index (χ1n) is 5.65. The Morgan fingerprint density at radius 1 is 1.29 bits per heavy atom. The van der Waals surface area contributed by atoms with Gasteiger partial charge in [0.05, 0.1) is 6.61 Å². The van der Waals surface area contributed by atoms with Crippen LogP contribution < -0.4 is 4.74 Å². The molecule has 0 spiro atoms. The number of aryl methyl sites for hydroxylation is 1. The van der Waals surface area contributed by atoms with Gasteiger partial charge in [0.2, 0.25) is 0 Å². The number of hydrogen-bond acceptors (Lipinski definition) is 1. The van der Waals surface area contributed by atoms with Gasteiger partial charge in [0.25, 0.3) is 0 Å². The third kappa shape index (κ3) is 1.92. The van der Waals surface area contributed by atoms with Gasteiger partial charge < -0.3 is 4.74 Å². The molecule has 1 aliphatic heterocycles. The Labute approximate surface area is 86.1 Å². The summed E-state index contributed by atoms with van der Waals surface area (Å²) >= 11 is 0. The fourth-order valence-corrected chi connectivity index (χ4v) is 2.05. The molecule has 2 rings (SSSR count). The zero-order valence-electron chi connectivity index (χ0n) is 8.88. The molecule has 1 heterocycles. The van der Waals surface area contributed by atoms with Crippen molar-refractivity contribution in [3.8, 4) is 5.75 Å². The zero-order chi connectivity index (χ0) is 9.80. The van der Waals surface area contributed by atoms with E-state index >= 15 is 0 Å². The Morgan fingerprint density at radius 2 is 2.21 bits per heavy atom. The summed E-state index contributed by atoms with van der Waals surface area (Å²) in [6, 6.07) is 6.56. The minimum Gasteiger partial charge on any atom is -0.493 e. The van der Waals surface area contributed by atoms with Crippen LogP contribution in [0.4, 0.5) is 0 Å². The topological polar surface area (TPSA) is 9.23 Å². The molecular weight excluding hydrogens is 172 g/mol. The minimum atomic E-state index is 0.875. The van der Waals surface area contributed by atoms with Crippen LogP contribution in [-0.4, -0.2) is 6.61 Å². The predicted octanol–water partition coefficient (Wildman–Crippen LogP) is 3.35. The van der Waals surface area contributed by atoms with Crippen molar-refractivity contribution in [2.24, 2.45) is 0 Å². The summed E-state index contributed by atoms with van der Waals surface area (Å²) in [5.74, 6) is 1.18. The van der Waals surface area contributed by atoms with Crippen molar-refractivity contribution in [3.63, 3.8) is 0 Å². The molecule has 1 aromatic rings. The van der Waals surface area contributed by atoms with Crippen LogP contribution in [0.3, 0.4) is 0 Å². The summed E-state index contributed by atoms with van der Waals surface area (Å²) in [4.78, 5) is 0. The molecule has 1 aliphatic rings. The van der Waals surface area contributed by atoms with Crippen molar-refractivity contribution >= 4 is 0 Å². The molecular formula is C13H18O. The van der Waals surface area contributed by atoms with Crippen molar-refractivity contribution in [1.29, 1.82) is 0 Å². The third-order valence-electron chi connectivity index (χ3n) is 2.85. The lowest BCUT2D eigenvalue weighted by atomic mass is 10.0. The molecule has 0 amide bonds. The first-order chi connectivity index (χ1) is 6.92. The van der Waals surface area contributed by atoms with Gasteiger partial charge in [-0.05, 0) is 24.0 Å². The Morgan fingerprint density at radius 3 is 3.07 bits per heavy atom. The van der Waals surface area contributed by atoms with E-state index < -0.39 is 0 Å². The van der Waals surface area contributed by atoms with Crippen LogP contribution in [0.2, 0.25) is 0 Å². The highest BCUT2D eigenvalue weighted by Crippen LogP contribution is 2.30. The quantitative estimate of drug-likeness (QED) is 0.661. The maximum Gasteiger partial charge on any atom is 0.125 e. The molecule has 0 aromatic heterocycles. The molecule has 0 saturated heterocycles. The maximum atomic E-state index is 5.66. The summed E-state index contributed by atoms with van der Waals surface area (Å²) in [5.41, 5.74) is 2.81. The average molecular weight is 190 g/mol. The van der Waals surface area contributed by atoms with Gasteiger partial charge >= 0.3 is 0 Å². The fourth-order valence-electron chi connectivity index (χ4n) is 2.05. The number of fused-ring (bicyclic) bond motifs is 1. The van der Waals surface area contributed by atoms with Crippen molar-refractivity contribution in [3.05, 3.63) is 29.3 Å². The highest BCUT2D eigenvalue weighted by Gasteiger charge is 2.14. The molecule has 0 N–H and O–H groups in total. The van der Waals surface area contributed by atoms with Gasteiger partial charge in [-0.3, -0.25) is 0 Å². The van der Waals surface area contributed by atoms with E-state index in [0.717, 1.165) is 13.0 Å². The number of unbranched alkanes of at least 4 members (excludes halogenated alkanes) is 2. The molecule has 0 aliphatic carbocycles. The summed E-state index contributed by atoms with van der Waals surface area (Å²) in [5, 5.41) is 0. The Hall–Kier alpha value is -0.980. The Kier molecular flexibility index (Phi) is 3.07. The van der Waals surface area contributed by atoms with Crippen LogP contribution in [0.1, 0.15) is 37.3 Å². The SMILES string of the molecule is CCCCCc1cccc2c1OCC2. The van der Waals surface area contributed by atoms with Gasteiger partial charge in [0.1, 0.15) is 5.75 Å². The van der Waals surface area contributed by atoms with Crippen LogP contribution >= 0.6 is 0 Å². The molecule has 0 bridgehead atoms. The van der Waals surface area contributed by atoms with Crippen molar-refractivity contribution in [2.75, 3.05) is 6.61 Å². The maximum absolute atomic E-state index is 5.66. The van der Waals surface area contributed by atoms with E-state index in [-0.39, 0.29) is 0 Å². The molecule has 0 unspecified atom stereocenters. The Balaban J connectivity index is 2.06. The lowest BCUT2D eigenvalue weighted by Crippen LogP contribution is -1.92. The second-order valence-electron chi connectivity index (χ2n) is 3.96. The van der Waals surface area contributed by atoms with Gasteiger partial charge in [-0.15, -0.1) is 0 Å². The molecule has 1 heteroatoms. The van der Waals surface area contributed by atoms with Crippen LogP contribution in [0.15, 0.2) is 18.2 Å². The molecule has 0 fully saturated rings. The minimum absolute atomic E-state index is 0.875.